The van der Waals surface area contributed by atoms with Crippen molar-refractivity contribution in [2.24, 2.45) is 5.73 Å². The molecule has 15 heavy (non-hydrogen) atoms. The number of nitrogens with zero attached hydrogens (tertiary/aromatic N) is 1. The zero-order valence-electron chi connectivity index (χ0n) is 7.73. The molecule has 0 bridgehead atoms. The van der Waals surface area contributed by atoms with E-state index >= 15 is 0 Å². The monoisotopic (exact) mass is 284 g/mol. The number of rotatable bonds is 2. The molecule has 1 rings (SSSR count). The summed E-state index contributed by atoms with van der Waals surface area (Å²) < 4.78 is 40.4. The van der Waals surface area contributed by atoms with Crippen molar-refractivity contribution in [3.05, 3.63) is 21.9 Å². The molecule has 0 radical (unpaired) electrons. The first kappa shape index (κ1) is 12.3. The number of hydrogen-bond donors (Lipinski definition) is 1. The van der Waals surface area contributed by atoms with Crippen molar-refractivity contribution in [1.29, 1.82) is 0 Å². The third kappa shape index (κ3) is 3.35. The zero-order chi connectivity index (χ0) is 11.6. The maximum atomic E-state index is 12.0. The SMILES string of the molecule is Cc1nc(Br)cc(CN)c1OC(F)(F)F. The van der Waals surface area contributed by atoms with E-state index in [1.165, 1.54) is 13.0 Å². The summed E-state index contributed by atoms with van der Waals surface area (Å²) in [7, 11) is 0. The van der Waals surface area contributed by atoms with Gasteiger partial charge in [-0.05, 0) is 28.9 Å². The normalized spacial score (nSPS) is 11.6. The molecule has 0 aliphatic rings. The van der Waals surface area contributed by atoms with Crippen molar-refractivity contribution in [3.63, 3.8) is 0 Å². The molecule has 0 amide bonds. The molecule has 0 saturated carbocycles. The van der Waals surface area contributed by atoms with Crippen LogP contribution in [0.3, 0.4) is 0 Å². The number of aromatic nitrogens is 1. The van der Waals surface area contributed by atoms with Gasteiger partial charge < -0.3 is 10.5 Å². The first-order valence-electron chi connectivity index (χ1n) is 3.95. The fourth-order valence-corrected chi connectivity index (χ4v) is 1.63. The minimum Gasteiger partial charge on any atom is -0.403 e. The molecule has 0 fully saturated rings. The maximum Gasteiger partial charge on any atom is 0.573 e. The van der Waals surface area contributed by atoms with Gasteiger partial charge in [0.05, 0.1) is 5.69 Å². The van der Waals surface area contributed by atoms with Gasteiger partial charge in [-0.3, -0.25) is 0 Å². The molecule has 84 valence electrons. The van der Waals surface area contributed by atoms with Gasteiger partial charge in [0.1, 0.15) is 4.60 Å². The topological polar surface area (TPSA) is 48.1 Å². The fourth-order valence-electron chi connectivity index (χ4n) is 1.09. The van der Waals surface area contributed by atoms with Crippen LogP contribution < -0.4 is 10.5 Å². The summed E-state index contributed by atoms with van der Waals surface area (Å²) in [6.07, 6.45) is -4.73. The molecule has 0 atom stereocenters. The van der Waals surface area contributed by atoms with E-state index in [2.05, 4.69) is 25.7 Å². The van der Waals surface area contributed by atoms with Crippen LogP contribution in [-0.4, -0.2) is 11.3 Å². The summed E-state index contributed by atoms with van der Waals surface area (Å²) in [6.45, 7) is 1.37. The Balaban J connectivity index is 3.15. The highest BCUT2D eigenvalue weighted by atomic mass is 79.9. The highest BCUT2D eigenvalue weighted by Crippen LogP contribution is 2.30. The third-order valence-electron chi connectivity index (χ3n) is 1.63. The van der Waals surface area contributed by atoms with Gasteiger partial charge in [0, 0.05) is 12.1 Å². The quantitative estimate of drug-likeness (QED) is 0.849. The van der Waals surface area contributed by atoms with E-state index in [0.717, 1.165) is 0 Å². The van der Waals surface area contributed by atoms with Crippen LogP contribution >= 0.6 is 15.9 Å². The van der Waals surface area contributed by atoms with Crippen molar-refractivity contribution in [3.8, 4) is 5.75 Å². The Kier molecular flexibility index (Phi) is 3.56. The van der Waals surface area contributed by atoms with Gasteiger partial charge in [0.25, 0.3) is 0 Å². The second-order valence-electron chi connectivity index (χ2n) is 2.77. The number of ether oxygens (including phenoxy) is 1. The van der Waals surface area contributed by atoms with Gasteiger partial charge in [-0.1, -0.05) is 0 Å². The minimum absolute atomic E-state index is 0.0482. The lowest BCUT2D eigenvalue weighted by Crippen LogP contribution is -2.20. The highest BCUT2D eigenvalue weighted by Gasteiger charge is 2.33. The van der Waals surface area contributed by atoms with Gasteiger partial charge in [0.15, 0.2) is 5.75 Å². The molecule has 0 saturated heterocycles. The van der Waals surface area contributed by atoms with Gasteiger partial charge in [-0.15, -0.1) is 13.2 Å². The van der Waals surface area contributed by atoms with Gasteiger partial charge >= 0.3 is 6.36 Å². The van der Waals surface area contributed by atoms with E-state index in [9.17, 15) is 13.2 Å². The van der Waals surface area contributed by atoms with E-state index in [1.54, 1.807) is 0 Å². The average molecular weight is 285 g/mol. The van der Waals surface area contributed by atoms with E-state index in [4.69, 9.17) is 5.73 Å². The van der Waals surface area contributed by atoms with Crippen LogP contribution in [0.5, 0.6) is 5.75 Å². The number of alkyl halides is 3. The van der Waals surface area contributed by atoms with E-state index in [0.29, 0.717) is 4.60 Å². The predicted octanol–water partition coefficient (Wildman–Crippen LogP) is 2.51. The van der Waals surface area contributed by atoms with Crippen LogP contribution in [0.25, 0.3) is 0 Å². The van der Waals surface area contributed by atoms with E-state index in [-0.39, 0.29) is 23.6 Å². The molecule has 7 heteroatoms. The Labute approximate surface area is 92.6 Å². The fraction of sp³-hybridized carbons (Fsp3) is 0.375. The molecule has 0 spiro atoms. The molecule has 1 aromatic heterocycles. The number of nitrogens with two attached hydrogens (primary N) is 1. The minimum atomic E-state index is -4.73. The number of halogens is 4. The summed E-state index contributed by atoms with van der Waals surface area (Å²) in [5, 5.41) is 0. The standard InChI is InChI=1S/C8H8BrF3N2O/c1-4-7(15-8(10,11)12)5(3-13)2-6(9)14-4/h2H,3,13H2,1H3. The molecule has 0 aliphatic carbocycles. The first-order valence-corrected chi connectivity index (χ1v) is 4.74. The van der Waals surface area contributed by atoms with Crippen molar-refractivity contribution in [2.75, 3.05) is 0 Å². The van der Waals surface area contributed by atoms with E-state index < -0.39 is 6.36 Å². The number of pyridine rings is 1. The van der Waals surface area contributed by atoms with Crippen LogP contribution in [0.15, 0.2) is 10.7 Å². The molecular formula is C8H8BrF3N2O. The molecule has 0 unspecified atom stereocenters. The summed E-state index contributed by atoms with van der Waals surface area (Å²) in [6, 6.07) is 1.40. The summed E-state index contributed by atoms with van der Waals surface area (Å²) in [5.74, 6) is -0.326. The lowest BCUT2D eigenvalue weighted by molar-refractivity contribution is -0.275. The zero-order valence-corrected chi connectivity index (χ0v) is 9.32. The van der Waals surface area contributed by atoms with E-state index in [1.807, 2.05) is 0 Å². The lowest BCUT2D eigenvalue weighted by atomic mass is 10.2. The molecule has 0 aliphatic heterocycles. The molecule has 1 aromatic rings. The maximum absolute atomic E-state index is 12.0. The van der Waals surface area contributed by atoms with Crippen LogP contribution in [0.4, 0.5) is 13.2 Å². The average Bonchev–Trinajstić information content (AvgIpc) is 2.07. The van der Waals surface area contributed by atoms with Crippen LogP contribution in [0.2, 0.25) is 0 Å². The van der Waals surface area contributed by atoms with Gasteiger partial charge in [0.2, 0.25) is 0 Å². The first-order chi connectivity index (χ1) is 6.83. The Bertz CT molecular complexity index is 368. The van der Waals surface area contributed by atoms with Crippen LogP contribution in [0.1, 0.15) is 11.3 Å². The molecule has 3 nitrogen and oxygen atoms in total. The van der Waals surface area contributed by atoms with Crippen LogP contribution in [-0.2, 0) is 6.54 Å². The van der Waals surface area contributed by atoms with Crippen molar-refractivity contribution < 1.29 is 17.9 Å². The third-order valence-corrected chi connectivity index (χ3v) is 2.03. The van der Waals surface area contributed by atoms with Crippen molar-refractivity contribution >= 4 is 15.9 Å². The largest absolute Gasteiger partial charge is 0.573 e. The molecule has 2 N–H and O–H groups in total. The number of aryl methyl sites for hydroxylation is 1. The van der Waals surface area contributed by atoms with Gasteiger partial charge in [-0.25, -0.2) is 4.98 Å². The smallest absolute Gasteiger partial charge is 0.403 e. The second-order valence-corrected chi connectivity index (χ2v) is 3.58. The molecule has 1 heterocycles. The Morgan fingerprint density at radius 2 is 2.13 bits per heavy atom. The Morgan fingerprint density at radius 3 is 2.60 bits per heavy atom. The van der Waals surface area contributed by atoms with Crippen LogP contribution in [0, 0.1) is 6.92 Å². The Morgan fingerprint density at radius 1 is 1.53 bits per heavy atom. The van der Waals surface area contributed by atoms with Crippen molar-refractivity contribution in [1.82, 2.24) is 4.98 Å². The number of hydrogen-bond acceptors (Lipinski definition) is 3. The van der Waals surface area contributed by atoms with Crippen molar-refractivity contribution in [2.45, 2.75) is 19.8 Å². The predicted molar refractivity (Wildman–Crippen MR) is 51.2 cm³/mol. The second kappa shape index (κ2) is 4.36. The molecular weight excluding hydrogens is 277 g/mol. The Hall–Kier alpha value is -0.820. The molecule has 0 aromatic carbocycles. The summed E-state index contributed by atoms with van der Waals surface area (Å²) in [4.78, 5) is 3.80. The van der Waals surface area contributed by atoms with Gasteiger partial charge in [-0.2, -0.15) is 0 Å². The lowest BCUT2D eigenvalue weighted by Gasteiger charge is -2.14. The highest BCUT2D eigenvalue weighted by molar-refractivity contribution is 9.10. The summed E-state index contributed by atoms with van der Waals surface area (Å²) >= 11 is 3.06. The summed E-state index contributed by atoms with van der Waals surface area (Å²) in [5.41, 5.74) is 5.71.